The minimum absolute atomic E-state index is 0.269. The van der Waals surface area contributed by atoms with Crippen LogP contribution in [0.5, 0.6) is 0 Å². The van der Waals surface area contributed by atoms with E-state index >= 15 is 0 Å². The molecule has 0 N–H and O–H groups in total. The van der Waals surface area contributed by atoms with E-state index in [1.807, 2.05) is 12.2 Å². The molecule has 0 aromatic rings. The first-order valence-electron chi connectivity index (χ1n) is 2.45. The first-order chi connectivity index (χ1) is 3.45. The van der Waals surface area contributed by atoms with E-state index in [0.29, 0.717) is 0 Å². The third-order valence-corrected chi connectivity index (χ3v) is 1.31. The van der Waals surface area contributed by atoms with Crippen LogP contribution in [0.3, 0.4) is 0 Å². The maximum absolute atomic E-state index is 4.77. The maximum Gasteiger partial charge on any atom is 0.114 e. The summed E-state index contributed by atoms with van der Waals surface area (Å²) in [5.74, 6) is 0. The normalized spacial score (nSPS) is 45.7. The number of fused-ring (bicyclic) bond motifs is 2. The molecule has 2 nitrogen and oxygen atoms in total. The molecular weight excluding hydrogens is 92.1 g/mol. The lowest BCUT2D eigenvalue weighted by Crippen LogP contribution is -1.99. The molecule has 2 aliphatic rings. The fourth-order valence-electron chi connectivity index (χ4n) is 0.919. The molecule has 0 amide bonds. The predicted molar refractivity (Wildman–Crippen MR) is 23.5 cm³/mol. The lowest BCUT2D eigenvalue weighted by molar-refractivity contribution is -0.286. The zero-order chi connectivity index (χ0) is 4.69. The summed E-state index contributed by atoms with van der Waals surface area (Å²) in [6.07, 6.45) is 5.64. The number of hydrogen-bond acceptors (Lipinski definition) is 2. The Bertz CT molecular complexity index is 96.6. The van der Waals surface area contributed by atoms with Crippen molar-refractivity contribution in [1.29, 1.82) is 0 Å². The second kappa shape index (κ2) is 1.08. The Balaban J connectivity index is 2.27. The maximum atomic E-state index is 4.77. The molecule has 1 aliphatic carbocycles. The Morgan fingerprint density at radius 2 is 1.71 bits per heavy atom. The Morgan fingerprint density at radius 3 is 1.86 bits per heavy atom. The summed E-state index contributed by atoms with van der Waals surface area (Å²) in [6, 6.07) is 0. The number of hydrogen-bond donors (Lipinski definition) is 0. The van der Waals surface area contributed by atoms with Gasteiger partial charge in [-0.05, 0) is 0 Å². The zero-order valence-electron chi connectivity index (χ0n) is 3.83. The van der Waals surface area contributed by atoms with Crippen LogP contribution in [0, 0.1) is 0 Å². The number of rotatable bonds is 0. The van der Waals surface area contributed by atoms with Gasteiger partial charge in [0.25, 0.3) is 0 Å². The van der Waals surface area contributed by atoms with Crippen molar-refractivity contribution in [3.63, 3.8) is 0 Å². The van der Waals surface area contributed by atoms with Gasteiger partial charge in [-0.1, -0.05) is 12.2 Å². The van der Waals surface area contributed by atoms with Crippen molar-refractivity contribution in [2.24, 2.45) is 0 Å². The summed E-state index contributed by atoms with van der Waals surface area (Å²) in [7, 11) is 0. The lowest BCUT2D eigenvalue weighted by atomic mass is 10.3. The highest BCUT2D eigenvalue weighted by molar-refractivity contribution is 5.06. The van der Waals surface area contributed by atoms with E-state index in [9.17, 15) is 0 Å². The molecule has 0 spiro atoms. The van der Waals surface area contributed by atoms with Crippen LogP contribution in [0.15, 0.2) is 12.2 Å². The van der Waals surface area contributed by atoms with Crippen molar-refractivity contribution in [3.8, 4) is 0 Å². The minimum Gasteiger partial charge on any atom is -0.228 e. The molecule has 0 aromatic carbocycles. The first kappa shape index (κ1) is 3.64. The van der Waals surface area contributed by atoms with E-state index in [2.05, 4.69) is 0 Å². The molecule has 0 saturated carbocycles. The summed E-state index contributed by atoms with van der Waals surface area (Å²) in [5.41, 5.74) is 0. The second-order valence-corrected chi connectivity index (χ2v) is 1.89. The molecule has 0 unspecified atom stereocenters. The fraction of sp³-hybridized carbons (Fsp3) is 0.600. The van der Waals surface area contributed by atoms with Gasteiger partial charge >= 0.3 is 0 Å². The van der Waals surface area contributed by atoms with Crippen LogP contribution in [0.2, 0.25) is 0 Å². The SMILES string of the molecule is C1=C[C@H]2C[C@@H]1OO2. The molecule has 0 radical (unpaired) electrons. The first-order valence-corrected chi connectivity index (χ1v) is 2.45. The van der Waals surface area contributed by atoms with Gasteiger partial charge in [0, 0.05) is 6.42 Å². The standard InChI is InChI=1S/C5H6O2/c1-2-5-3-4(1)6-7-5/h1-2,4-5H,3H2/t4-,5+. The molecule has 2 rings (SSSR count). The third-order valence-electron chi connectivity index (χ3n) is 1.31. The molecule has 1 fully saturated rings. The van der Waals surface area contributed by atoms with Gasteiger partial charge in [-0.2, -0.15) is 0 Å². The molecule has 0 aromatic heterocycles. The van der Waals surface area contributed by atoms with Crippen LogP contribution in [0.1, 0.15) is 6.42 Å². The third kappa shape index (κ3) is 0.406. The molecule has 1 heterocycles. The second-order valence-electron chi connectivity index (χ2n) is 1.89. The highest BCUT2D eigenvalue weighted by Gasteiger charge is 2.28. The summed E-state index contributed by atoms with van der Waals surface area (Å²) in [6.45, 7) is 0. The van der Waals surface area contributed by atoms with Gasteiger partial charge in [-0.3, -0.25) is 0 Å². The van der Waals surface area contributed by atoms with Crippen LogP contribution in [0.25, 0.3) is 0 Å². The largest absolute Gasteiger partial charge is 0.228 e. The van der Waals surface area contributed by atoms with E-state index in [4.69, 9.17) is 9.78 Å². The van der Waals surface area contributed by atoms with Crippen molar-refractivity contribution in [1.82, 2.24) is 0 Å². The van der Waals surface area contributed by atoms with Gasteiger partial charge < -0.3 is 0 Å². The topological polar surface area (TPSA) is 18.5 Å². The summed E-state index contributed by atoms with van der Waals surface area (Å²) in [4.78, 5) is 9.53. The van der Waals surface area contributed by atoms with E-state index in [0.717, 1.165) is 6.42 Å². The van der Waals surface area contributed by atoms with Crippen molar-refractivity contribution >= 4 is 0 Å². The van der Waals surface area contributed by atoms with Gasteiger partial charge in [0.15, 0.2) is 0 Å². The van der Waals surface area contributed by atoms with Crippen molar-refractivity contribution in [2.45, 2.75) is 18.6 Å². The molecule has 2 atom stereocenters. The zero-order valence-corrected chi connectivity index (χ0v) is 3.83. The van der Waals surface area contributed by atoms with Gasteiger partial charge in [-0.25, -0.2) is 9.78 Å². The Hall–Kier alpha value is -0.340. The van der Waals surface area contributed by atoms with Crippen LogP contribution < -0.4 is 0 Å². The summed E-state index contributed by atoms with van der Waals surface area (Å²) in [5, 5.41) is 0. The summed E-state index contributed by atoms with van der Waals surface area (Å²) >= 11 is 0. The average Bonchev–Trinajstić information content (AvgIpc) is 2.22. The Morgan fingerprint density at radius 1 is 1.14 bits per heavy atom. The Kier molecular flexibility index (Phi) is 0.562. The highest BCUT2D eigenvalue weighted by atomic mass is 17.2. The Labute approximate surface area is 41.7 Å². The molecular formula is C5H6O2. The van der Waals surface area contributed by atoms with Gasteiger partial charge in [0.1, 0.15) is 12.2 Å². The van der Waals surface area contributed by atoms with Crippen molar-refractivity contribution < 1.29 is 9.78 Å². The monoisotopic (exact) mass is 98.0 g/mol. The summed E-state index contributed by atoms with van der Waals surface area (Å²) < 4.78 is 0. The molecule has 38 valence electrons. The van der Waals surface area contributed by atoms with Crippen LogP contribution in [-0.4, -0.2) is 12.2 Å². The molecule has 7 heavy (non-hydrogen) atoms. The molecule has 1 saturated heterocycles. The van der Waals surface area contributed by atoms with E-state index < -0.39 is 0 Å². The predicted octanol–water partition coefficient (Wildman–Crippen LogP) is 0.645. The van der Waals surface area contributed by atoms with Gasteiger partial charge in [-0.15, -0.1) is 0 Å². The van der Waals surface area contributed by atoms with E-state index in [-0.39, 0.29) is 12.2 Å². The van der Waals surface area contributed by atoms with E-state index in [1.54, 1.807) is 0 Å². The fourth-order valence-corrected chi connectivity index (χ4v) is 0.919. The van der Waals surface area contributed by atoms with Gasteiger partial charge in [0.2, 0.25) is 0 Å². The lowest BCUT2D eigenvalue weighted by Gasteiger charge is -2.00. The van der Waals surface area contributed by atoms with Crippen molar-refractivity contribution in [2.75, 3.05) is 0 Å². The van der Waals surface area contributed by atoms with E-state index in [1.165, 1.54) is 0 Å². The minimum atomic E-state index is 0.269. The highest BCUT2D eigenvalue weighted by Crippen LogP contribution is 2.24. The van der Waals surface area contributed by atoms with Gasteiger partial charge in [0.05, 0.1) is 0 Å². The van der Waals surface area contributed by atoms with Crippen LogP contribution in [0.4, 0.5) is 0 Å². The molecule has 1 aliphatic heterocycles. The van der Waals surface area contributed by atoms with Crippen LogP contribution >= 0.6 is 0 Å². The molecule has 2 heteroatoms. The quantitative estimate of drug-likeness (QED) is 0.327. The van der Waals surface area contributed by atoms with Crippen molar-refractivity contribution in [3.05, 3.63) is 12.2 Å². The average molecular weight is 98.1 g/mol. The smallest absolute Gasteiger partial charge is 0.114 e. The van der Waals surface area contributed by atoms with Crippen LogP contribution in [-0.2, 0) is 9.78 Å². The molecule has 2 bridgehead atoms.